The summed E-state index contributed by atoms with van der Waals surface area (Å²) in [6.45, 7) is 3.83. The molecule has 0 heterocycles. The van der Waals surface area contributed by atoms with E-state index in [0.717, 1.165) is 31.6 Å². The maximum absolute atomic E-state index is 12.5. The van der Waals surface area contributed by atoms with Crippen LogP contribution in [0.25, 0.3) is 0 Å². The van der Waals surface area contributed by atoms with E-state index < -0.39 is 0 Å². The number of rotatable bonds is 5. The highest BCUT2D eigenvalue weighted by Gasteiger charge is 2.20. The first kappa shape index (κ1) is 19.0. The number of hydrogen-bond acceptors (Lipinski definition) is 2. The lowest BCUT2D eigenvalue weighted by molar-refractivity contribution is -0.120. The van der Waals surface area contributed by atoms with Crippen molar-refractivity contribution in [1.82, 2.24) is 5.32 Å². The Kier molecular flexibility index (Phi) is 9.17. The van der Waals surface area contributed by atoms with E-state index in [1.54, 1.807) is 0 Å². The summed E-state index contributed by atoms with van der Waals surface area (Å²) in [5, 5.41) is 6.48. The third-order valence-corrected chi connectivity index (χ3v) is 4.32. The zero-order valence-electron chi connectivity index (χ0n) is 13.6. The molecule has 2 rings (SSSR count). The van der Waals surface area contributed by atoms with Crippen LogP contribution in [0.3, 0.4) is 0 Å². The number of benzene rings is 1. The Balaban J connectivity index is 0.00000242. The predicted octanol–water partition coefficient (Wildman–Crippen LogP) is 4.52. The molecule has 2 N–H and O–H groups in total. The fraction of sp³-hybridized carbons (Fsp3) is 0.611. The standard InChI is InChI=1S/C18H28N2O.ClH/c1-2-19-14-16-12-8-9-13-17(16)20-18(21)15-10-6-4-3-5-7-11-15;/h8-9,12-13,15,19H,2-7,10-11,14H2,1H3,(H,20,21);1H. The molecule has 4 heteroatoms. The molecule has 1 fully saturated rings. The normalized spacial score (nSPS) is 16.2. The van der Waals surface area contributed by atoms with Gasteiger partial charge in [0, 0.05) is 18.2 Å². The van der Waals surface area contributed by atoms with E-state index in [9.17, 15) is 4.79 Å². The van der Waals surface area contributed by atoms with E-state index in [2.05, 4.69) is 23.6 Å². The largest absolute Gasteiger partial charge is 0.326 e. The summed E-state index contributed by atoms with van der Waals surface area (Å²) in [5.41, 5.74) is 2.13. The number of nitrogens with one attached hydrogen (secondary N) is 2. The number of amides is 1. The monoisotopic (exact) mass is 324 g/mol. The molecule has 0 spiro atoms. The first-order valence-corrected chi connectivity index (χ1v) is 8.40. The van der Waals surface area contributed by atoms with Gasteiger partial charge in [0.2, 0.25) is 5.91 Å². The summed E-state index contributed by atoms with van der Waals surface area (Å²) < 4.78 is 0. The van der Waals surface area contributed by atoms with E-state index in [1.165, 1.54) is 37.7 Å². The molecule has 0 radical (unpaired) electrons. The third-order valence-electron chi connectivity index (χ3n) is 4.32. The number of halogens is 1. The molecule has 1 saturated carbocycles. The van der Waals surface area contributed by atoms with Gasteiger partial charge in [-0.2, -0.15) is 0 Å². The zero-order chi connectivity index (χ0) is 14.9. The molecule has 124 valence electrons. The number of anilines is 1. The molecule has 0 bridgehead atoms. The van der Waals surface area contributed by atoms with Crippen LogP contribution in [0.4, 0.5) is 5.69 Å². The van der Waals surface area contributed by atoms with Gasteiger partial charge in [0.25, 0.3) is 0 Å². The molecule has 0 unspecified atom stereocenters. The average molecular weight is 325 g/mol. The molecule has 0 atom stereocenters. The second-order valence-electron chi connectivity index (χ2n) is 5.97. The van der Waals surface area contributed by atoms with Crippen molar-refractivity contribution in [1.29, 1.82) is 0 Å². The van der Waals surface area contributed by atoms with Crippen LogP contribution in [0.2, 0.25) is 0 Å². The lowest BCUT2D eigenvalue weighted by atomic mass is 9.90. The second-order valence-corrected chi connectivity index (χ2v) is 5.97. The van der Waals surface area contributed by atoms with Crippen LogP contribution in [0.15, 0.2) is 24.3 Å². The van der Waals surface area contributed by atoms with Crippen molar-refractivity contribution in [3.05, 3.63) is 29.8 Å². The van der Waals surface area contributed by atoms with Crippen molar-refractivity contribution in [3.8, 4) is 0 Å². The molecule has 1 amide bonds. The molecule has 1 aromatic rings. The van der Waals surface area contributed by atoms with E-state index in [0.29, 0.717) is 0 Å². The summed E-state index contributed by atoms with van der Waals surface area (Å²) in [7, 11) is 0. The highest BCUT2D eigenvalue weighted by atomic mass is 35.5. The Labute approximate surface area is 140 Å². The van der Waals surface area contributed by atoms with Gasteiger partial charge in [-0.1, -0.05) is 57.2 Å². The Bertz CT molecular complexity index is 442. The van der Waals surface area contributed by atoms with Gasteiger partial charge in [-0.05, 0) is 31.0 Å². The molecule has 0 aromatic heterocycles. The number of hydrogen-bond donors (Lipinski definition) is 2. The minimum atomic E-state index is 0. The molecule has 3 nitrogen and oxygen atoms in total. The summed E-state index contributed by atoms with van der Waals surface area (Å²) >= 11 is 0. The van der Waals surface area contributed by atoms with Crippen molar-refractivity contribution in [3.63, 3.8) is 0 Å². The van der Waals surface area contributed by atoms with Crippen LogP contribution < -0.4 is 10.6 Å². The summed E-state index contributed by atoms with van der Waals surface area (Å²) in [6.07, 6.45) is 8.36. The second kappa shape index (κ2) is 10.6. The minimum absolute atomic E-state index is 0. The highest BCUT2D eigenvalue weighted by Crippen LogP contribution is 2.24. The summed E-state index contributed by atoms with van der Waals surface area (Å²) in [5.74, 6) is 0.401. The van der Waals surface area contributed by atoms with Gasteiger partial charge in [0.15, 0.2) is 0 Å². The van der Waals surface area contributed by atoms with Crippen molar-refractivity contribution >= 4 is 24.0 Å². The Morgan fingerprint density at radius 3 is 2.41 bits per heavy atom. The molecule has 0 aliphatic heterocycles. The van der Waals surface area contributed by atoms with Gasteiger partial charge < -0.3 is 10.6 Å². The topological polar surface area (TPSA) is 41.1 Å². The highest BCUT2D eigenvalue weighted by molar-refractivity contribution is 5.93. The van der Waals surface area contributed by atoms with Gasteiger partial charge in [-0.3, -0.25) is 4.79 Å². The van der Waals surface area contributed by atoms with Crippen molar-refractivity contribution in [2.75, 3.05) is 11.9 Å². The molecule has 22 heavy (non-hydrogen) atoms. The Morgan fingerprint density at radius 1 is 1.09 bits per heavy atom. The summed E-state index contributed by atoms with van der Waals surface area (Å²) in [4.78, 5) is 12.5. The van der Waals surface area contributed by atoms with Crippen molar-refractivity contribution < 1.29 is 4.79 Å². The van der Waals surface area contributed by atoms with Gasteiger partial charge in [0.05, 0.1) is 0 Å². The van der Waals surface area contributed by atoms with Gasteiger partial charge in [-0.25, -0.2) is 0 Å². The SMILES string of the molecule is CCNCc1ccccc1NC(=O)C1CCCCCCC1.Cl. The molecule has 0 saturated heterocycles. The maximum Gasteiger partial charge on any atom is 0.227 e. The van der Waals surface area contributed by atoms with Crippen LogP contribution in [0.1, 0.15) is 57.4 Å². The fourth-order valence-electron chi connectivity index (χ4n) is 3.01. The number of para-hydroxylation sites is 1. The van der Waals surface area contributed by atoms with E-state index in [4.69, 9.17) is 0 Å². The third kappa shape index (κ3) is 5.98. The van der Waals surface area contributed by atoms with E-state index in [1.807, 2.05) is 18.2 Å². The number of carbonyl (C=O) groups is 1. The van der Waals surface area contributed by atoms with Crippen molar-refractivity contribution in [2.24, 2.45) is 5.92 Å². The van der Waals surface area contributed by atoms with Crippen LogP contribution in [0.5, 0.6) is 0 Å². The lowest BCUT2D eigenvalue weighted by Crippen LogP contribution is -2.24. The van der Waals surface area contributed by atoms with Gasteiger partial charge in [-0.15, -0.1) is 12.4 Å². The van der Waals surface area contributed by atoms with Crippen LogP contribution in [-0.4, -0.2) is 12.5 Å². The number of carbonyl (C=O) groups excluding carboxylic acids is 1. The maximum atomic E-state index is 12.5. The van der Waals surface area contributed by atoms with E-state index >= 15 is 0 Å². The first-order chi connectivity index (χ1) is 10.3. The van der Waals surface area contributed by atoms with E-state index in [-0.39, 0.29) is 24.2 Å². The molecular formula is C18H29ClN2O. The average Bonchev–Trinajstić information content (AvgIpc) is 2.46. The van der Waals surface area contributed by atoms with Crippen molar-refractivity contribution in [2.45, 2.75) is 58.4 Å². The summed E-state index contributed by atoms with van der Waals surface area (Å²) in [6, 6.07) is 8.10. The first-order valence-electron chi connectivity index (χ1n) is 8.40. The molecule has 1 aromatic carbocycles. The van der Waals surface area contributed by atoms with Gasteiger partial charge >= 0.3 is 0 Å². The lowest BCUT2D eigenvalue weighted by Gasteiger charge is -2.20. The van der Waals surface area contributed by atoms with Crippen LogP contribution in [0, 0.1) is 5.92 Å². The zero-order valence-corrected chi connectivity index (χ0v) is 14.4. The predicted molar refractivity (Wildman–Crippen MR) is 95.5 cm³/mol. The molecule has 1 aliphatic rings. The Morgan fingerprint density at radius 2 is 1.73 bits per heavy atom. The van der Waals surface area contributed by atoms with Gasteiger partial charge in [0.1, 0.15) is 0 Å². The quantitative estimate of drug-likeness (QED) is 0.836. The Hall–Kier alpha value is -1.06. The van der Waals surface area contributed by atoms with Crippen LogP contribution >= 0.6 is 12.4 Å². The molecule has 1 aliphatic carbocycles. The fourth-order valence-corrected chi connectivity index (χ4v) is 3.01. The van der Waals surface area contributed by atoms with Crippen LogP contribution in [-0.2, 0) is 11.3 Å². The minimum Gasteiger partial charge on any atom is -0.326 e. The smallest absolute Gasteiger partial charge is 0.227 e. The molecular weight excluding hydrogens is 296 g/mol.